The highest BCUT2D eigenvalue weighted by Gasteiger charge is 2.70. The van der Waals surface area contributed by atoms with Crippen molar-refractivity contribution in [1.82, 2.24) is 5.09 Å². The standard InChI is InChI=1S/C26H43INO6P/c1-6-32-35(31,33-7-2)28-17-23(4)10-8-11-26(16-27)21(23)9-12-25-14-20(30)19(13-22(25)26)24(5,15-25)34-18(3)29/h19,21-22H,6-17H2,1-5H3,(H,28,31)/t19?,21-,22?,23?,24?,25+,26?/m1/s1. The first kappa shape index (κ1) is 28.0. The second-order valence-electron chi connectivity index (χ2n) is 12.1. The van der Waals surface area contributed by atoms with E-state index in [0.29, 0.717) is 38.0 Å². The van der Waals surface area contributed by atoms with Crippen molar-refractivity contribution in [2.45, 2.75) is 91.6 Å². The van der Waals surface area contributed by atoms with E-state index in [1.165, 1.54) is 13.3 Å². The van der Waals surface area contributed by atoms with Crippen molar-refractivity contribution < 1.29 is 27.9 Å². The van der Waals surface area contributed by atoms with Gasteiger partial charge in [0.25, 0.3) is 0 Å². The van der Waals surface area contributed by atoms with Crippen LogP contribution in [0, 0.1) is 34.0 Å². The fraction of sp³-hybridized carbons (Fsp3) is 0.923. The zero-order valence-electron chi connectivity index (χ0n) is 22.0. The van der Waals surface area contributed by atoms with Crippen LogP contribution in [0.15, 0.2) is 0 Å². The van der Waals surface area contributed by atoms with Gasteiger partial charge in [0.15, 0.2) is 0 Å². The van der Waals surface area contributed by atoms with Gasteiger partial charge in [-0.05, 0) is 87.4 Å². The van der Waals surface area contributed by atoms with Crippen molar-refractivity contribution in [2.24, 2.45) is 34.0 Å². The van der Waals surface area contributed by atoms with Gasteiger partial charge in [-0.15, -0.1) is 0 Å². The summed E-state index contributed by atoms with van der Waals surface area (Å²) in [4.78, 5) is 25.2. The second-order valence-corrected chi connectivity index (χ2v) is 14.7. The van der Waals surface area contributed by atoms with Gasteiger partial charge < -0.3 is 4.74 Å². The van der Waals surface area contributed by atoms with E-state index in [-0.39, 0.29) is 33.9 Å². The lowest BCUT2D eigenvalue weighted by molar-refractivity contribution is -0.230. The number of ether oxygens (including phenoxy) is 1. The molecule has 0 amide bonds. The molecule has 0 aromatic rings. The lowest BCUT2D eigenvalue weighted by Crippen LogP contribution is -2.68. The molecule has 35 heavy (non-hydrogen) atoms. The Morgan fingerprint density at radius 3 is 2.43 bits per heavy atom. The molecule has 0 heterocycles. The summed E-state index contributed by atoms with van der Waals surface area (Å²) in [5, 5.41) is 3.23. The van der Waals surface area contributed by atoms with Gasteiger partial charge >= 0.3 is 13.7 Å². The van der Waals surface area contributed by atoms with Crippen molar-refractivity contribution in [2.75, 3.05) is 24.2 Å². The average molecular weight is 624 g/mol. The van der Waals surface area contributed by atoms with Crippen molar-refractivity contribution in [3.63, 3.8) is 0 Å². The summed E-state index contributed by atoms with van der Waals surface area (Å²) in [5.41, 5.74) is -0.673. The third kappa shape index (κ3) is 4.70. The number of esters is 1. The average Bonchev–Trinajstić information content (AvgIpc) is 2.76. The van der Waals surface area contributed by atoms with Crippen LogP contribution in [0.2, 0.25) is 0 Å². The van der Waals surface area contributed by atoms with Crippen LogP contribution in [0.1, 0.15) is 86.0 Å². The molecule has 0 radical (unpaired) electrons. The Hall–Kier alpha value is -0.0200. The Kier molecular flexibility index (Phi) is 7.95. The minimum atomic E-state index is -3.33. The third-order valence-corrected chi connectivity index (χ3v) is 13.2. The molecule has 2 bridgehead atoms. The number of halogens is 1. The molecule has 200 valence electrons. The first-order valence-electron chi connectivity index (χ1n) is 13.3. The van der Waals surface area contributed by atoms with Gasteiger partial charge in [-0.2, -0.15) is 0 Å². The third-order valence-electron chi connectivity index (χ3n) is 10.0. The first-order valence-corrected chi connectivity index (χ1v) is 16.4. The van der Waals surface area contributed by atoms with Gasteiger partial charge in [-0.3, -0.25) is 18.6 Å². The smallest absolute Gasteiger partial charge is 0.405 e. The Bertz CT molecular complexity index is 891. The van der Waals surface area contributed by atoms with Crippen LogP contribution in [0.5, 0.6) is 0 Å². The number of ketones is 1. The van der Waals surface area contributed by atoms with E-state index >= 15 is 0 Å². The predicted octanol–water partition coefficient (Wildman–Crippen LogP) is 6.09. The van der Waals surface area contributed by atoms with E-state index in [9.17, 15) is 14.2 Å². The van der Waals surface area contributed by atoms with E-state index in [0.717, 1.165) is 43.0 Å². The minimum absolute atomic E-state index is 0.0330. The summed E-state index contributed by atoms with van der Waals surface area (Å²) in [5.74, 6) is 0.701. The van der Waals surface area contributed by atoms with Gasteiger partial charge in [-0.1, -0.05) is 35.9 Å². The molecule has 1 spiro atoms. The number of nitrogens with one attached hydrogen (secondary N) is 1. The summed E-state index contributed by atoms with van der Waals surface area (Å²) < 4.78 is 31.2. The summed E-state index contributed by atoms with van der Waals surface area (Å²) in [7, 11) is -3.33. The van der Waals surface area contributed by atoms with Gasteiger partial charge in [0.05, 0.1) is 19.1 Å². The summed E-state index contributed by atoms with van der Waals surface area (Å²) in [6, 6.07) is 0. The van der Waals surface area contributed by atoms with Gasteiger partial charge in [0.2, 0.25) is 0 Å². The maximum atomic E-state index is 13.3. The van der Waals surface area contributed by atoms with E-state index < -0.39 is 13.3 Å². The molecule has 0 aliphatic heterocycles. The number of alkyl halides is 1. The molecule has 5 rings (SSSR count). The van der Waals surface area contributed by atoms with Crippen molar-refractivity contribution in [3.05, 3.63) is 0 Å². The number of Topliss-reactive ketones (excluding diaryl/α,β-unsaturated/α-hetero) is 1. The quantitative estimate of drug-likeness (QED) is 0.144. The number of hydrogen-bond donors (Lipinski definition) is 1. The topological polar surface area (TPSA) is 90.9 Å². The fourth-order valence-electron chi connectivity index (χ4n) is 9.00. The second kappa shape index (κ2) is 9.94. The van der Waals surface area contributed by atoms with Crippen molar-refractivity contribution in [1.29, 1.82) is 0 Å². The highest BCUT2D eigenvalue weighted by Crippen LogP contribution is 2.73. The molecular formula is C26H43INO6P. The number of rotatable bonds is 9. The normalized spacial score (nSPS) is 42.9. The molecule has 9 heteroatoms. The molecule has 5 saturated carbocycles. The van der Waals surface area contributed by atoms with Crippen LogP contribution in [0.25, 0.3) is 0 Å². The number of carbonyl (C=O) groups excluding carboxylic acids is 2. The largest absolute Gasteiger partial charge is 0.459 e. The summed E-state index contributed by atoms with van der Waals surface area (Å²) in [6.07, 6.45) is 7.64. The zero-order chi connectivity index (χ0) is 25.7. The molecule has 7 nitrogen and oxygen atoms in total. The molecule has 1 N–H and O–H groups in total. The minimum Gasteiger partial charge on any atom is -0.459 e. The highest BCUT2D eigenvalue weighted by atomic mass is 127. The van der Waals surface area contributed by atoms with Crippen LogP contribution in [-0.4, -0.2) is 41.5 Å². The van der Waals surface area contributed by atoms with E-state index in [1.54, 1.807) is 0 Å². The maximum Gasteiger partial charge on any atom is 0.405 e. The lowest BCUT2D eigenvalue weighted by Gasteiger charge is -2.70. The Morgan fingerprint density at radius 1 is 1.14 bits per heavy atom. The first-order chi connectivity index (χ1) is 16.4. The van der Waals surface area contributed by atoms with Gasteiger partial charge in [-0.25, -0.2) is 9.65 Å². The Labute approximate surface area is 224 Å². The van der Waals surface area contributed by atoms with E-state index in [2.05, 4.69) is 34.6 Å². The number of hydrogen-bond acceptors (Lipinski definition) is 6. The molecule has 5 aliphatic rings. The monoisotopic (exact) mass is 623 g/mol. The molecule has 5 aliphatic carbocycles. The molecule has 5 unspecified atom stereocenters. The van der Waals surface area contributed by atoms with Gasteiger partial charge in [0.1, 0.15) is 11.4 Å². The highest BCUT2D eigenvalue weighted by molar-refractivity contribution is 14.1. The summed E-state index contributed by atoms with van der Waals surface area (Å²) in [6.45, 7) is 10.7. The van der Waals surface area contributed by atoms with Gasteiger partial charge in [0, 0.05) is 24.3 Å². The van der Waals surface area contributed by atoms with Crippen LogP contribution in [-0.2, 0) is 27.9 Å². The Balaban J connectivity index is 1.63. The molecule has 0 aromatic carbocycles. The van der Waals surface area contributed by atoms with E-state index in [4.69, 9.17) is 13.8 Å². The lowest BCUT2D eigenvalue weighted by atomic mass is 9.35. The van der Waals surface area contributed by atoms with Crippen LogP contribution in [0.4, 0.5) is 0 Å². The summed E-state index contributed by atoms with van der Waals surface area (Å²) >= 11 is 2.59. The SMILES string of the molecule is CCOP(=O)(NCC1(C)CCCC2(CI)C3CC4C(=O)C[C@@]3(CC[C@H]12)CC4(C)OC(C)=O)OCC. The molecule has 0 aromatic heterocycles. The maximum absolute atomic E-state index is 13.3. The van der Waals surface area contributed by atoms with Crippen molar-refractivity contribution >= 4 is 42.1 Å². The fourth-order valence-corrected chi connectivity index (χ4v) is 11.9. The molecule has 0 saturated heterocycles. The Morgan fingerprint density at radius 2 is 1.83 bits per heavy atom. The molecule has 5 fully saturated rings. The number of carbonyl (C=O) groups is 2. The molecular weight excluding hydrogens is 580 g/mol. The van der Waals surface area contributed by atoms with E-state index in [1.807, 2.05) is 20.8 Å². The zero-order valence-corrected chi connectivity index (χ0v) is 25.0. The van der Waals surface area contributed by atoms with Crippen molar-refractivity contribution in [3.8, 4) is 0 Å². The van der Waals surface area contributed by atoms with Crippen LogP contribution < -0.4 is 5.09 Å². The number of fused-ring (bicyclic) bond motifs is 3. The molecule has 7 atom stereocenters. The van der Waals surface area contributed by atoms with Crippen LogP contribution >= 0.6 is 30.3 Å². The van der Waals surface area contributed by atoms with Crippen LogP contribution in [0.3, 0.4) is 0 Å². The predicted molar refractivity (Wildman–Crippen MR) is 143 cm³/mol.